The number of hydrogen-bond acceptors (Lipinski definition) is 5. The molecule has 0 fully saturated rings. The molecule has 0 spiro atoms. The molecule has 0 atom stereocenters. The second-order valence-electron chi connectivity index (χ2n) is 4.46. The van der Waals surface area contributed by atoms with Crippen LogP contribution in [0.1, 0.15) is 18.9 Å². The lowest BCUT2D eigenvalue weighted by Crippen LogP contribution is -2.16. The van der Waals surface area contributed by atoms with Crippen LogP contribution in [0, 0.1) is 0 Å². The summed E-state index contributed by atoms with van der Waals surface area (Å²) in [4.78, 5) is 0. The molecule has 0 aliphatic rings. The number of hydrogen-bond donors (Lipinski definition) is 2. The maximum atomic E-state index is 8.65. The highest BCUT2D eigenvalue weighted by atomic mass is 35.5. The molecule has 0 aliphatic heterocycles. The molecule has 2 N–H and O–H groups in total. The van der Waals surface area contributed by atoms with Crippen molar-refractivity contribution in [3.63, 3.8) is 0 Å². The summed E-state index contributed by atoms with van der Waals surface area (Å²) in [6, 6.07) is 3.60. The van der Waals surface area contributed by atoms with Crippen LogP contribution in [0.2, 0.25) is 5.02 Å². The van der Waals surface area contributed by atoms with E-state index in [1.165, 1.54) is 0 Å². The second-order valence-corrected chi connectivity index (χ2v) is 4.89. The van der Waals surface area contributed by atoms with Crippen LogP contribution in [0.4, 0.5) is 0 Å². The highest BCUT2D eigenvalue weighted by Gasteiger charge is 2.12. The van der Waals surface area contributed by atoms with Gasteiger partial charge < -0.3 is 24.6 Å². The Bertz CT molecular complexity index is 415. The Morgan fingerprint density at radius 1 is 1.24 bits per heavy atom. The number of halogens is 1. The number of benzene rings is 1. The Morgan fingerprint density at radius 2 is 2.05 bits per heavy atom. The molecule has 0 bridgehead atoms. The highest BCUT2D eigenvalue weighted by Crippen LogP contribution is 2.34. The van der Waals surface area contributed by atoms with Crippen LogP contribution < -0.4 is 14.8 Å². The van der Waals surface area contributed by atoms with Gasteiger partial charge in [-0.05, 0) is 19.0 Å². The van der Waals surface area contributed by atoms with Crippen LogP contribution in [0.15, 0.2) is 12.1 Å². The van der Waals surface area contributed by atoms with Crippen molar-refractivity contribution < 1.29 is 19.3 Å². The third-order valence-corrected chi connectivity index (χ3v) is 2.99. The molecule has 1 aromatic rings. The van der Waals surface area contributed by atoms with Crippen molar-refractivity contribution in [2.24, 2.45) is 0 Å². The van der Waals surface area contributed by atoms with Crippen LogP contribution in [0.25, 0.3) is 0 Å². The van der Waals surface area contributed by atoms with E-state index in [0.717, 1.165) is 18.5 Å². The molecule has 1 rings (SSSR count). The molecule has 21 heavy (non-hydrogen) atoms. The van der Waals surface area contributed by atoms with E-state index >= 15 is 0 Å². The highest BCUT2D eigenvalue weighted by molar-refractivity contribution is 6.30. The SMILES string of the molecule is CCCNCc1cc(Cl)cc(OC)c1OCCOCCO. The zero-order chi connectivity index (χ0) is 15.5. The maximum absolute atomic E-state index is 8.65. The van der Waals surface area contributed by atoms with E-state index in [-0.39, 0.29) is 6.61 Å². The Morgan fingerprint density at radius 3 is 2.71 bits per heavy atom. The van der Waals surface area contributed by atoms with Crippen molar-refractivity contribution in [1.82, 2.24) is 5.32 Å². The van der Waals surface area contributed by atoms with Crippen molar-refractivity contribution in [1.29, 1.82) is 0 Å². The van der Waals surface area contributed by atoms with Crippen molar-refractivity contribution in [2.75, 3.05) is 40.1 Å². The van der Waals surface area contributed by atoms with Gasteiger partial charge in [-0.2, -0.15) is 0 Å². The van der Waals surface area contributed by atoms with Gasteiger partial charge in [-0.15, -0.1) is 0 Å². The minimum absolute atomic E-state index is 0.0104. The molecule has 0 saturated carbocycles. The fourth-order valence-electron chi connectivity index (χ4n) is 1.84. The summed E-state index contributed by atoms with van der Waals surface area (Å²) in [5, 5.41) is 12.6. The van der Waals surface area contributed by atoms with Gasteiger partial charge in [-0.1, -0.05) is 18.5 Å². The third kappa shape index (κ3) is 6.52. The number of aliphatic hydroxyl groups is 1. The maximum Gasteiger partial charge on any atom is 0.165 e. The molecule has 0 radical (unpaired) electrons. The van der Waals surface area contributed by atoms with Crippen molar-refractivity contribution in [2.45, 2.75) is 19.9 Å². The normalized spacial score (nSPS) is 10.7. The average Bonchev–Trinajstić information content (AvgIpc) is 2.48. The van der Waals surface area contributed by atoms with Gasteiger partial charge >= 0.3 is 0 Å². The number of nitrogens with one attached hydrogen (secondary N) is 1. The average molecular weight is 318 g/mol. The predicted octanol–water partition coefficient (Wildman–Crippen LogP) is 2.24. The Balaban J connectivity index is 2.71. The summed E-state index contributed by atoms with van der Waals surface area (Å²) in [6.45, 7) is 4.82. The zero-order valence-corrected chi connectivity index (χ0v) is 13.4. The first-order valence-corrected chi connectivity index (χ1v) is 7.49. The van der Waals surface area contributed by atoms with Crippen molar-refractivity contribution in [3.05, 3.63) is 22.7 Å². The minimum Gasteiger partial charge on any atom is -0.493 e. The van der Waals surface area contributed by atoms with Gasteiger partial charge in [0.25, 0.3) is 0 Å². The van der Waals surface area contributed by atoms with Gasteiger partial charge in [0, 0.05) is 23.2 Å². The quantitative estimate of drug-likeness (QED) is 0.613. The molecule has 0 saturated heterocycles. The van der Waals surface area contributed by atoms with E-state index in [0.29, 0.717) is 42.9 Å². The number of ether oxygens (including phenoxy) is 3. The summed E-state index contributed by atoms with van der Waals surface area (Å²) in [7, 11) is 1.59. The Hall–Kier alpha value is -1.01. The fraction of sp³-hybridized carbons (Fsp3) is 0.600. The number of aliphatic hydroxyl groups excluding tert-OH is 1. The lowest BCUT2D eigenvalue weighted by Gasteiger charge is -2.16. The van der Waals surface area contributed by atoms with Crippen LogP contribution in [-0.4, -0.2) is 45.2 Å². The van der Waals surface area contributed by atoms with E-state index in [9.17, 15) is 0 Å². The van der Waals surface area contributed by atoms with Gasteiger partial charge in [0.05, 0.1) is 26.9 Å². The van der Waals surface area contributed by atoms with E-state index < -0.39 is 0 Å². The Labute approximate surface area is 131 Å². The molecule has 0 amide bonds. The molecular weight excluding hydrogens is 294 g/mol. The lowest BCUT2D eigenvalue weighted by molar-refractivity contribution is 0.0696. The molecule has 0 aromatic heterocycles. The second kappa shape index (κ2) is 10.7. The molecule has 120 valence electrons. The summed E-state index contributed by atoms with van der Waals surface area (Å²) in [5.41, 5.74) is 0.954. The van der Waals surface area contributed by atoms with E-state index in [4.69, 9.17) is 30.9 Å². The number of rotatable bonds is 11. The first-order valence-electron chi connectivity index (χ1n) is 7.11. The molecule has 1 aromatic carbocycles. The lowest BCUT2D eigenvalue weighted by atomic mass is 10.1. The van der Waals surface area contributed by atoms with Gasteiger partial charge in [0.2, 0.25) is 0 Å². The largest absolute Gasteiger partial charge is 0.493 e. The van der Waals surface area contributed by atoms with E-state index in [1.54, 1.807) is 13.2 Å². The van der Waals surface area contributed by atoms with Crippen LogP contribution in [-0.2, 0) is 11.3 Å². The fourth-order valence-corrected chi connectivity index (χ4v) is 2.07. The molecule has 0 unspecified atom stereocenters. The number of methoxy groups -OCH3 is 1. The molecular formula is C15H24ClNO4. The smallest absolute Gasteiger partial charge is 0.165 e. The van der Waals surface area contributed by atoms with Gasteiger partial charge in [0.1, 0.15) is 6.61 Å². The first-order chi connectivity index (χ1) is 10.2. The van der Waals surface area contributed by atoms with Gasteiger partial charge in [-0.25, -0.2) is 0 Å². The summed E-state index contributed by atoms with van der Waals surface area (Å²) in [5.74, 6) is 1.29. The Kier molecular flexibility index (Phi) is 9.17. The summed E-state index contributed by atoms with van der Waals surface area (Å²) < 4.78 is 16.3. The summed E-state index contributed by atoms with van der Waals surface area (Å²) in [6.07, 6.45) is 1.06. The van der Waals surface area contributed by atoms with Gasteiger partial charge in [-0.3, -0.25) is 0 Å². The van der Waals surface area contributed by atoms with Crippen molar-refractivity contribution >= 4 is 11.6 Å². The minimum atomic E-state index is 0.0104. The summed E-state index contributed by atoms with van der Waals surface area (Å²) >= 11 is 6.10. The molecule has 0 aliphatic carbocycles. The van der Waals surface area contributed by atoms with Crippen LogP contribution >= 0.6 is 11.6 Å². The predicted molar refractivity (Wildman–Crippen MR) is 83.4 cm³/mol. The molecule has 6 heteroatoms. The molecule has 0 heterocycles. The standard InChI is InChI=1S/C15H24ClNO4/c1-3-4-17-11-12-9-13(16)10-14(19-2)15(12)21-8-7-20-6-5-18/h9-10,17-18H,3-8,11H2,1-2H3. The molecule has 5 nitrogen and oxygen atoms in total. The monoisotopic (exact) mass is 317 g/mol. The van der Waals surface area contributed by atoms with E-state index in [1.807, 2.05) is 6.07 Å². The van der Waals surface area contributed by atoms with Crippen LogP contribution in [0.3, 0.4) is 0 Å². The van der Waals surface area contributed by atoms with E-state index in [2.05, 4.69) is 12.2 Å². The zero-order valence-electron chi connectivity index (χ0n) is 12.7. The van der Waals surface area contributed by atoms with Crippen LogP contribution in [0.5, 0.6) is 11.5 Å². The topological polar surface area (TPSA) is 60.0 Å². The van der Waals surface area contributed by atoms with Crippen molar-refractivity contribution in [3.8, 4) is 11.5 Å². The third-order valence-electron chi connectivity index (χ3n) is 2.77. The van der Waals surface area contributed by atoms with Gasteiger partial charge in [0.15, 0.2) is 11.5 Å². The first kappa shape index (κ1) is 18.0.